The third-order valence-electron chi connectivity index (χ3n) is 5.47. The van der Waals surface area contributed by atoms with Crippen LogP contribution in [0.15, 0.2) is 78.6 Å². The summed E-state index contributed by atoms with van der Waals surface area (Å²) in [6.45, 7) is 3.19. The number of fused-ring (bicyclic) bond motifs is 3. The second-order valence-corrected chi connectivity index (χ2v) is 7.29. The van der Waals surface area contributed by atoms with Crippen LogP contribution in [0.25, 0.3) is 27.9 Å². The number of carbonyl (C=O) groups excluding carboxylic acids is 2. The molecule has 2 amide bonds. The summed E-state index contributed by atoms with van der Waals surface area (Å²) in [5.41, 5.74) is 4.01. The molecule has 2 heterocycles. The minimum absolute atomic E-state index is 0.0505. The number of hydrogen-bond acceptors (Lipinski definition) is 3. The van der Waals surface area contributed by atoms with Gasteiger partial charge in [0.25, 0.3) is 5.91 Å². The van der Waals surface area contributed by atoms with Crippen molar-refractivity contribution >= 4 is 39.9 Å². The average Bonchev–Trinajstić information content (AvgIpc) is 3.23. The van der Waals surface area contributed by atoms with E-state index in [1.54, 1.807) is 6.08 Å². The van der Waals surface area contributed by atoms with Crippen LogP contribution < -0.4 is 0 Å². The van der Waals surface area contributed by atoms with Crippen molar-refractivity contribution in [2.75, 3.05) is 0 Å². The molecule has 148 valence electrons. The molecule has 0 N–H and O–H groups in total. The van der Waals surface area contributed by atoms with Gasteiger partial charge in [-0.05, 0) is 42.3 Å². The molecule has 0 saturated carbocycles. The first-order valence-corrected chi connectivity index (χ1v) is 9.96. The van der Waals surface area contributed by atoms with Crippen LogP contribution in [0.3, 0.4) is 0 Å². The van der Waals surface area contributed by atoms with E-state index in [1.165, 1.54) is 5.52 Å². The van der Waals surface area contributed by atoms with Gasteiger partial charge in [-0.3, -0.25) is 4.79 Å². The lowest BCUT2D eigenvalue weighted by Crippen LogP contribution is -2.28. The molecule has 1 saturated heterocycles. The number of imide groups is 1. The van der Waals surface area contributed by atoms with Gasteiger partial charge in [0.1, 0.15) is 0 Å². The van der Waals surface area contributed by atoms with Crippen LogP contribution in [0.2, 0.25) is 0 Å². The van der Waals surface area contributed by atoms with E-state index in [0.29, 0.717) is 0 Å². The molecule has 0 unspecified atom stereocenters. The molecule has 0 aliphatic carbocycles. The van der Waals surface area contributed by atoms with Gasteiger partial charge in [-0.1, -0.05) is 54.6 Å². The highest BCUT2D eigenvalue weighted by atomic mass is 16.6. The number of ether oxygens (including phenoxy) is 1. The molecule has 1 aliphatic heterocycles. The standard InChI is InChI=1S/C25H20N2O3/c1-2-26-21-11-7-6-10-19(21)20-14-18(12-13-22(20)26)15-23-24(28)27(25(29)30-23)16-17-8-4-3-5-9-17/h3-15H,2,16H2,1H3/b23-15+. The Labute approximate surface area is 173 Å². The fourth-order valence-corrected chi connectivity index (χ4v) is 4.06. The minimum Gasteiger partial charge on any atom is -0.404 e. The molecule has 0 radical (unpaired) electrons. The van der Waals surface area contributed by atoms with Crippen LogP contribution in [-0.2, 0) is 22.6 Å². The van der Waals surface area contributed by atoms with E-state index >= 15 is 0 Å². The van der Waals surface area contributed by atoms with Crippen molar-refractivity contribution in [3.05, 3.63) is 89.7 Å². The summed E-state index contributed by atoms with van der Waals surface area (Å²) in [6.07, 6.45) is 1.00. The van der Waals surface area contributed by atoms with Gasteiger partial charge in [-0.2, -0.15) is 0 Å². The molecule has 0 spiro atoms. The van der Waals surface area contributed by atoms with Gasteiger partial charge in [0.15, 0.2) is 5.76 Å². The second-order valence-electron chi connectivity index (χ2n) is 7.29. The van der Waals surface area contributed by atoms with Crippen molar-refractivity contribution < 1.29 is 14.3 Å². The zero-order valence-electron chi connectivity index (χ0n) is 16.5. The summed E-state index contributed by atoms with van der Waals surface area (Å²) in [6, 6.07) is 23.7. The van der Waals surface area contributed by atoms with Gasteiger partial charge in [-0.25, -0.2) is 9.69 Å². The minimum atomic E-state index is -0.640. The number of hydrogen-bond donors (Lipinski definition) is 0. The summed E-state index contributed by atoms with van der Waals surface area (Å²) < 4.78 is 7.55. The monoisotopic (exact) mass is 396 g/mol. The van der Waals surface area contributed by atoms with E-state index < -0.39 is 12.0 Å². The van der Waals surface area contributed by atoms with Crippen molar-refractivity contribution in [3.63, 3.8) is 0 Å². The zero-order valence-corrected chi connectivity index (χ0v) is 16.5. The largest absolute Gasteiger partial charge is 0.422 e. The molecule has 0 atom stereocenters. The van der Waals surface area contributed by atoms with Crippen molar-refractivity contribution in [3.8, 4) is 0 Å². The fraction of sp³-hybridized carbons (Fsp3) is 0.120. The molecule has 3 aromatic carbocycles. The molecular formula is C25H20N2O3. The van der Waals surface area contributed by atoms with Crippen molar-refractivity contribution in [1.82, 2.24) is 9.47 Å². The van der Waals surface area contributed by atoms with Crippen LogP contribution in [0.1, 0.15) is 18.1 Å². The topological polar surface area (TPSA) is 51.5 Å². The Bertz CT molecular complexity index is 1320. The van der Waals surface area contributed by atoms with E-state index in [2.05, 4.69) is 23.6 Å². The molecule has 1 aliphatic rings. The normalized spacial score (nSPS) is 15.5. The van der Waals surface area contributed by atoms with Gasteiger partial charge in [0.2, 0.25) is 0 Å². The molecule has 30 heavy (non-hydrogen) atoms. The maximum Gasteiger partial charge on any atom is 0.422 e. The number of para-hydroxylation sites is 1. The lowest BCUT2D eigenvalue weighted by atomic mass is 10.1. The summed E-state index contributed by atoms with van der Waals surface area (Å²) >= 11 is 0. The van der Waals surface area contributed by atoms with Crippen LogP contribution in [0, 0.1) is 0 Å². The van der Waals surface area contributed by atoms with E-state index in [0.717, 1.165) is 38.9 Å². The first-order chi connectivity index (χ1) is 14.7. The molecule has 5 nitrogen and oxygen atoms in total. The number of carbonyl (C=O) groups is 2. The second kappa shape index (κ2) is 7.19. The molecule has 5 rings (SSSR count). The van der Waals surface area contributed by atoms with Crippen LogP contribution in [0.5, 0.6) is 0 Å². The summed E-state index contributed by atoms with van der Waals surface area (Å²) in [5, 5.41) is 2.27. The Hall–Kier alpha value is -3.86. The predicted molar refractivity (Wildman–Crippen MR) is 117 cm³/mol. The lowest BCUT2D eigenvalue weighted by Gasteiger charge is -2.09. The number of rotatable bonds is 4. The van der Waals surface area contributed by atoms with Gasteiger partial charge in [-0.15, -0.1) is 0 Å². The Kier molecular flexibility index (Phi) is 4.36. The van der Waals surface area contributed by atoms with Crippen LogP contribution in [-0.4, -0.2) is 21.5 Å². The van der Waals surface area contributed by atoms with Gasteiger partial charge < -0.3 is 9.30 Å². The quantitative estimate of drug-likeness (QED) is 0.438. The van der Waals surface area contributed by atoms with Gasteiger partial charge in [0.05, 0.1) is 6.54 Å². The zero-order chi connectivity index (χ0) is 20.7. The first kappa shape index (κ1) is 18.2. The number of nitrogens with zero attached hydrogens (tertiary/aromatic N) is 2. The van der Waals surface area contributed by atoms with Gasteiger partial charge in [0, 0.05) is 28.4 Å². The van der Waals surface area contributed by atoms with Crippen molar-refractivity contribution in [1.29, 1.82) is 0 Å². The molecule has 5 heteroatoms. The molecule has 0 bridgehead atoms. The van der Waals surface area contributed by atoms with E-state index in [1.807, 2.05) is 60.7 Å². The highest BCUT2D eigenvalue weighted by molar-refractivity contribution is 6.11. The Morgan fingerprint density at radius 3 is 2.40 bits per heavy atom. The third kappa shape index (κ3) is 2.95. The number of amides is 2. The van der Waals surface area contributed by atoms with Gasteiger partial charge >= 0.3 is 6.09 Å². The average molecular weight is 396 g/mol. The predicted octanol–water partition coefficient (Wildman–Crippen LogP) is 5.33. The molecule has 1 fully saturated rings. The molecule has 1 aromatic heterocycles. The van der Waals surface area contributed by atoms with E-state index in [9.17, 15) is 9.59 Å². The fourth-order valence-electron chi connectivity index (χ4n) is 4.06. The van der Waals surface area contributed by atoms with Crippen LogP contribution in [0.4, 0.5) is 4.79 Å². The highest BCUT2D eigenvalue weighted by Crippen LogP contribution is 2.31. The Morgan fingerprint density at radius 2 is 1.60 bits per heavy atom. The molecule has 4 aromatic rings. The summed E-state index contributed by atoms with van der Waals surface area (Å²) in [7, 11) is 0. The Morgan fingerprint density at radius 1 is 0.867 bits per heavy atom. The maximum atomic E-state index is 12.8. The van der Waals surface area contributed by atoms with E-state index in [-0.39, 0.29) is 12.3 Å². The highest BCUT2D eigenvalue weighted by Gasteiger charge is 2.36. The first-order valence-electron chi connectivity index (χ1n) is 9.96. The van der Waals surface area contributed by atoms with E-state index in [4.69, 9.17) is 4.74 Å². The van der Waals surface area contributed by atoms with Crippen molar-refractivity contribution in [2.45, 2.75) is 20.0 Å². The van der Waals surface area contributed by atoms with Crippen LogP contribution >= 0.6 is 0 Å². The smallest absolute Gasteiger partial charge is 0.404 e. The maximum absolute atomic E-state index is 12.8. The summed E-state index contributed by atoms with van der Waals surface area (Å²) in [5.74, 6) is -0.366. The summed E-state index contributed by atoms with van der Waals surface area (Å²) in [4.78, 5) is 26.1. The van der Waals surface area contributed by atoms with Crippen molar-refractivity contribution in [2.24, 2.45) is 0 Å². The lowest BCUT2D eigenvalue weighted by molar-refractivity contribution is -0.123. The Balaban J connectivity index is 1.51. The molecular weight excluding hydrogens is 376 g/mol. The third-order valence-corrected chi connectivity index (χ3v) is 5.47. The SMILES string of the molecule is CCn1c2ccccc2c2cc(/C=C3/OC(=O)N(Cc4ccccc4)C3=O)ccc21. The number of benzene rings is 3. The number of aromatic nitrogens is 1. The number of aryl methyl sites for hydroxylation is 1. The number of cyclic esters (lactones) is 1.